The molecule has 0 heterocycles. The van der Waals surface area contributed by atoms with Gasteiger partial charge in [-0.25, -0.2) is 0 Å². The Labute approximate surface area is 89.3 Å². The minimum Gasteiger partial charge on any atom is -0.870 e. The maximum atomic E-state index is 8.48. The van der Waals surface area contributed by atoms with E-state index in [4.69, 9.17) is 14.4 Å². The summed E-state index contributed by atoms with van der Waals surface area (Å²) in [6, 6.07) is 0. The van der Waals surface area contributed by atoms with Crippen LogP contribution < -0.4 is 9.79 Å². The molecule has 0 spiro atoms. The first-order valence-electron chi connectivity index (χ1n) is 1.44. The van der Waals surface area contributed by atoms with Crippen LogP contribution in [0.2, 0.25) is 0 Å². The monoisotopic (exact) mass is 199 g/mol. The van der Waals surface area contributed by atoms with Crippen LogP contribution in [0.3, 0.4) is 0 Å². The Hall–Kier alpha value is 1.59. The Morgan fingerprint density at radius 3 is 1.33 bits per heavy atom. The van der Waals surface area contributed by atoms with Crippen LogP contribution in [0.1, 0.15) is 0 Å². The second-order valence-corrected chi connectivity index (χ2v) is 2.01. The van der Waals surface area contributed by atoms with E-state index < -0.39 is 8.25 Å². The van der Waals surface area contributed by atoms with Crippen molar-refractivity contribution in [1.82, 2.24) is 0 Å². The van der Waals surface area contributed by atoms with Gasteiger partial charge < -0.3 is 15.3 Å². The van der Waals surface area contributed by atoms with Crippen molar-refractivity contribution in [3.05, 3.63) is 0 Å². The Kier molecular flexibility index (Phi) is 56.4. The molecule has 0 saturated carbocycles. The van der Waals surface area contributed by atoms with Crippen LogP contribution in [0.15, 0.2) is 0 Å². The van der Waals surface area contributed by atoms with Crippen LogP contribution in [0, 0.1) is 0 Å². The largest absolute Gasteiger partial charge is 2.00 e. The fourth-order valence-electron chi connectivity index (χ4n) is 0. The third-order valence-corrected chi connectivity index (χ3v) is 0. The van der Waals surface area contributed by atoms with Gasteiger partial charge in [-0.2, -0.15) is 0 Å². The molecule has 0 amide bonds. The van der Waals surface area contributed by atoms with Crippen LogP contribution >= 0.6 is 8.25 Å². The molecule has 4 nitrogen and oxygen atoms in total. The number of rotatable bonds is 0. The third kappa shape index (κ3) is 219. The van der Waals surface area contributed by atoms with E-state index in [1.165, 1.54) is 11.8 Å². The Morgan fingerprint density at radius 1 is 1.33 bits per heavy atom. The van der Waals surface area contributed by atoms with Crippen LogP contribution in [-0.2, 0) is 16.3 Å². The molecule has 0 aliphatic carbocycles. The molecular formula is C2H8CaO4PS+. The van der Waals surface area contributed by atoms with Crippen LogP contribution in [0.5, 0.6) is 0 Å². The van der Waals surface area contributed by atoms with Crippen LogP contribution in [0.25, 0.3) is 0 Å². The summed E-state index contributed by atoms with van der Waals surface area (Å²) in [5.41, 5.74) is 0. The van der Waals surface area contributed by atoms with Crippen molar-refractivity contribution in [3.63, 3.8) is 0 Å². The number of thiol groups is 1. The zero-order chi connectivity index (χ0) is 6.28. The molecular weight excluding hydrogens is 191 g/mol. The van der Waals surface area contributed by atoms with Crippen LogP contribution in [-0.4, -0.2) is 55.7 Å². The van der Waals surface area contributed by atoms with Gasteiger partial charge in [-0.15, -0.1) is 0 Å². The van der Waals surface area contributed by atoms with E-state index in [0.717, 1.165) is 0 Å². The van der Waals surface area contributed by atoms with E-state index in [1.54, 1.807) is 0 Å². The van der Waals surface area contributed by atoms with Gasteiger partial charge in [0.1, 0.15) is 0 Å². The smallest absolute Gasteiger partial charge is 0.870 e. The van der Waals surface area contributed by atoms with E-state index in [2.05, 4.69) is 12.5 Å². The van der Waals surface area contributed by atoms with E-state index in [-0.39, 0.29) is 43.2 Å². The van der Waals surface area contributed by atoms with Gasteiger partial charge in [0, 0.05) is 0 Å². The summed E-state index contributed by atoms with van der Waals surface area (Å²) >= 11 is 1.42. The van der Waals surface area contributed by atoms with Gasteiger partial charge in [-0.3, -0.25) is 0 Å². The SMILES string of the molecule is C[SH+]C.O=[P+]([O-])[O-].[Ca+2].[OH-]. The Bertz CT molecular complexity index is 49.8. The van der Waals surface area contributed by atoms with Gasteiger partial charge >= 0.3 is 37.7 Å². The van der Waals surface area contributed by atoms with E-state index in [0.29, 0.717) is 0 Å². The summed E-state index contributed by atoms with van der Waals surface area (Å²) in [6.07, 6.45) is 4.19. The first-order chi connectivity index (χ1) is 3.15. The molecule has 0 fully saturated rings. The topological polar surface area (TPSA) is 93.2 Å². The molecule has 9 heavy (non-hydrogen) atoms. The standard InChI is InChI=1S/C2H6S.Ca.HO3P.H2O/c1-3-2;;1-4(2)3;/h1-2H3;;(H,1,2,3);1H2/q;+2;;/p-1. The predicted molar refractivity (Wildman–Crippen MR) is 35.9 cm³/mol. The fraction of sp³-hybridized carbons (Fsp3) is 1.00. The molecule has 52 valence electrons. The van der Waals surface area contributed by atoms with Crippen molar-refractivity contribution >= 4 is 57.8 Å². The maximum absolute atomic E-state index is 8.48. The van der Waals surface area contributed by atoms with Gasteiger partial charge in [0.25, 0.3) is 8.25 Å². The van der Waals surface area contributed by atoms with E-state index in [1.807, 2.05) is 0 Å². The molecule has 0 aliphatic heterocycles. The summed E-state index contributed by atoms with van der Waals surface area (Å²) in [5.74, 6) is 0. The molecule has 1 N–H and O–H groups in total. The average Bonchev–Trinajstić information content (AvgIpc) is 1.33. The summed E-state index contributed by atoms with van der Waals surface area (Å²) in [5, 5.41) is 0. The molecule has 0 aromatic carbocycles. The number of hydrogen-bond acceptors (Lipinski definition) is 4. The molecule has 0 bridgehead atoms. The van der Waals surface area contributed by atoms with Crippen molar-refractivity contribution in [2.75, 3.05) is 12.5 Å². The summed E-state index contributed by atoms with van der Waals surface area (Å²) in [7, 11) is -3.37. The van der Waals surface area contributed by atoms with Crippen molar-refractivity contribution in [1.29, 1.82) is 0 Å². The molecule has 0 rings (SSSR count). The zero-order valence-electron chi connectivity index (χ0n) is 5.27. The molecule has 7 heteroatoms. The summed E-state index contributed by atoms with van der Waals surface area (Å²) in [6.45, 7) is 0. The number of hydrogen-bond donors (Lipinski definition) is 0. The molecule has 0 aromatic rings. The van der Waals surface area contributed by atoms with Gasteiger partial charge in [0.2, 0.25) is 0 Å². The second-order valence-electron chi connectivity index (χ2n) is 0.671. The molecule has 0 aromatic heterocycles. The normalized spacial score (nSPS) is 4.89. The summed E-state index contributed by atoms with van der Waals surface area (Å²) in [4.78, 5) is 17.0. The van der Waals surface area contributed by atoms with Crippen LogP contribution in [0.4, 0.5) is 0 Å². The molecule has 0 unspecified atom stereocenters. The van der Waals surface area contributed by atoms with Gasteiger partial charge in [0.15, 0.2) is 0 Å². The predicted octanol–water partition coefficient (Wildman–Crippen LogP) is -2.13. The third-order valence-electron chi connectivity index (χ3n) is 0. The van der Waals surface area contributed by atoms with E-state index in [9.17, 15) is 0 Å². The van der Waals surface area contributed by atoms with Crippen molar-refractivity contribution in [3.8, 4) is 0 Å². The van der Waals surface area contributed by atoms with Gasteiger partial charge in [-0.1, -0.05) is 4.57 Å². The fourth-order valence-corrected chi connectivity index (χ4v) is 0. The Morgan fingerprint density at radius 2 is 1.33 bits per heavy atom. The first kappa shape index (κ1) is 22.4. The minimum atomic E-state index is -3.37. The second kappa shape index (κ2) is 22.6. The van der Waals surface area contributed by atoms with Crippen molar-refractivity contribution in [2.24, 2.45) is 0 Å². The zero-order valence-corrected chi connectivity index (χ0v) is 9.27. The molecule has 0 saturated heterocycles. The van der Waals surface area contributed by atoms with Crippen molar-refractivity contribution in [2.45, 2.75) is 0 Å². The average molecular weight is 199 g/mol. The quantitative estimate of drug-likeness (QED) is 0.193. The van der Waals surface area contributed by atoms with Gasteiger partial charge in [0.05, 0.1) is 12.5 Å². The molecule has 0 radical (unpaired) electrons. The minimum absolute atomic E-state index is 0. The Balaban J connectivity index is -0.0000000233. The van der Waals surface area contributed by atoms with Crippen molar-refractivity contribution < 1.29 is 19.8 Å². The first-order valence-corrected chi connectivity index (χ1v) is 4.33. The molecule has 0 aliphatic rings. The summed E-state index contributed by atoms with van der Waals surface area (Å²) < 4.78 is 8.48. The van der Waals surface area contributed by atoms with E-state index >= 15 is 0 Å². The molecule has 0 atom stereocenters. The maximum Gasteiger partial charge on any atom is 2.00 e. The van der Waals surface area contributed by atoms with Gasteiger partial charge in [-0.05, 0) is 11.8 Å².